The highest BCUT2D eigenvalue weighted by molar-refractivity contribution is 5.97. The summed E-state index contributed by atoms with van der Waals surface area (Å²) in [6.45, 7) is 4.59. The van der Waals surface area contributed by atoms with Crippen LogP contribution in [0.3, 0.4) is 0 Å². The molecule has 1 aromatic carbocycles. The van der Waals surface area contributed by atoms with Gasteiger partial charge in [0.1, 0.15) is 11.5 Å². The van der Waals surface area contributed by atoms with Gasteiger partial charge in [0.2, 0.25) is 0 Å². The number of aliphatic hydroxyl groups excluding tert-OH is 2. The zero-order valence-corrected chi connectivity index (χ0v) is 13.6. The van der Waals surface area contributed by atoms with E-state index in [-0.39, 0.29) is 18.9 Å². The van der Waals surface area contributed by atoms with Crippen LogP contribution in [-0.2, 0) is 6.42 Å². The molecule has 22 heavy (non-hydrogen) atoms. The zero-order valence-electron chi connectivity index (χ0n) is 13.6. The molecule has 0 aliphatic rings. The molecule has 0 saturated carbocycles. The second-order valence-corrected chi connectivity index (χ2v) is 4.87. The Morgan fingerprint density at radius 2 is 1.86 bits per heavy atom. The van der Waals surface area contributed by atoms with Gasteiger partial charge in [-0.3, -0.25) is 4.79 Å². The quantitative estimate of drug-likeness (QED) is 0.751. The molecule has 0 aliphatic carbocycles. The molecule has 0 aromatic heterocycles. The van der Waals surface area contributed by atoms with Gasteiger partial charge in [-0.15, -0.1) is 0 Å². The molecule has 1 amide bonds. The molecule has 0 heterocycles. The molecular formula is C16H25NO5. The van der Waals surface area contributed by atoms with Crippen molar-refractivity contribution in [2.45, 2.75) is 26.4 Å². The molecule has 0 bridgehead atoms. The Hall–Kier alpha value is -1.79. The SMILES string of the molecule is CCN(CC)C(=O)c1cc(OC)cc(OC)c1C[C@H](O)CO. The standard InChI is InChI=1S/C16H25NO5/c1-5-17(6-2)16(20)14-8-12(21-3)9-15(22-4)13(14)7-11(19)10-18/h8-9,11,18-19H,5-7,10H2,1-4H3/t11-/m0/s1. The topological polar surface area (TPSA) is 79.2 Å². The Labute approximate surface area is 131 Å². The summed E-state index contributed by atoms with van der Waals surface area (Å²) in [6, 6.07) is 3.31. The number of benzene rings is 1. The van der Waals surface area contributed by atoms with Gasteiger partial charge in [0, 0.05) is 31.1 Å². The van der Waals surface area contributed by atoms with Crippen molar-refractivity contribution >= 4 is 5.91 Å². The molecule has 0 unspecified atom stereocenters. The number of nitrogens with zero attached hydrogens (tertiary/aromatic N) is 1. The molecular weight excluding hydrogens is 286 g/mol. The van der Waals surface area contributed by atoms with Crippen LogP contribution in [-0.4, -0.2) is 61.0 Å². The second-order valence-electron chi connectivity index (χ2n) is 4.87. The van der Waals surface area contributed by atoms with Crippen LogP contribution in [0.1, 0.15) is 29.8 Å². The highest BCUT2D eigenvalue weighted by Crippen LogP contribution is 2.31. The number of carbonyl (C=O) groups excluding carboxylic acids is 1. The van der Waals surface area contributed by atoms with Crippen molar-refractivity contribution in [3.05, 3.63) is 23.3 Å². The lowest BCUT2D eigenvalue weighted by molar-refractivity contribution is 0.0764. The Balaban J connectivity index is 3.39. The minimum atomic E-state index is -0.953. The Kier molecular flexibility index (Phi) is 7.14. The largest absolute Gasteiger partial charge is 0.497 e. The predicted molar refractivity (Wildman–Crippen MR) is 83.6 cm³/mol. The molecule has 1 atom stereocenters. The van der Waals surface area contributed by atoms with Gasteiger partial charge in [-0.1, -0.05) is 0 Å². The van der Waals surface area contributed by atoms with Crippen LogP contribution in [0.4, 0.5) is 0 Å². The third-order valence-electron chi connectivity index (χ3n) is 3.57. The molecule has 0 fully saturated rings. The van der Waals surface area contributed by atoms with Gasteiger partial charge >= 0.3 is 0 Å². The van der Waals surface area contributed by atoms with E-state index in [1.807, 2.05) is 13.8 Å². The fourth-order valence-electron chi connectivity index (χ4n) is 2.30. The predicted octanol–water partition coefficient (Wildman–Crippen LogP) is 1.08. The van der Waals surface area contributed by atoms with Crippen molar-refractivity contribution in [2.24, 2.45) is 0 Å². The van der Waals surface area contributed by atoms with Crippen LogP contribution in [0.2, 0.25) is 0 Å². The van der Waals surface area contributed by atoms with Gasteiger partial charge in [-0.25, -0.2) is 0 Å². The molecule has 0 radical (unpaired) electrons. The van der Waals surface area contributed by atoms with Crippen molar-refractivity contribution in [3.63, 3.8) is 0 Å². The number of amides is 1. The van der Waals surface area contributed by atoms with Gasteiger partial charge in [0.05, 0.1) is 32.5 Å². The van der Waals surface area contributed by atoms with Crippen LogP contribution in [0.15, 0.2) is 12.1 Å². The van der Waals surface area contributed by atoms with Crippen LogP contribution >= 0.6 is 0 Å². The molecule has 0 spiro atoms. The highest BCUT2D eigenvalue weighted by atomic mass is 16.5. The summed E-state index contributed by atoms with van der Waals surface area (Å²) in [7, 11) is 3.01. The number of ether oxygens (including phenoxy) is 2. The molecule has 124 valence electrons. The van der Waals surface area contributed by atoms with E-state index in [9.17, 15) is 9.90 Å². The lowest BCUT2D eigenvalue weighted by Gasteiger charge is -2.23. The fourth-order valence-corrected chi connectivity index (χ4v) is 2.30. The molecule has 6 heteroatoms. The number of rotatable bonds is 8. The molecule has 0 saturated heterocycles. The van der Waals surface area contributed by atoms with Gasteiger partial charge in [0.25, 0.3) is 5.91 Å². The van der Waals surface area contributed by atoms with Crippen LogP contribution < -0.4 is 9.47 Å². The maximum absolute atomic E-state index is 12.7. The first-order valence-electron chi connectivity index (χ1n) is 7.35. The molecule has 2 N–H and O–H groups in total. The Morgan fingerprint density at radius 1 is 1.23 bits per heavy atom. The van der Waals surface area contributed by atoms with Crippen molar-refractivity contribution in [2.75, 3.05) is 33.9 Å². The van der Waals surface area contributed by atoms with Gasteiger partial charge < -0.3 is 24.6 Å². The van der Waals surface area contributed by atoms with Crippen LogP contribution in [0.5, 0.6) is 11.5 Å². The van der Waals surface area contributed by atoms with E-state index < -0.39 is 6.10 Å². The maximum atomic E-state index is 12.7. The average molecular weight is 311 g/mol. The average Bonchev–Trinajstić information content (AvgIpc) is 2.55. The Bertz CT molecular complexity index is 500. The summed E-state index contributed by atoms with van der Waals surface area (Å²) in [5.74, 6) is 0.819. The molecule has 1 rings (SSSR count). The second kappa shape index (κ2) is 8.60. The van der Waals surface area contributed by atoms with E-state index in [0.29, 0.717) is 35.7 Å². The van der Waals surface area contributed by atoms with Crippen molar-refractivity contribution in [3.8, 4) is 11.5 Å². The first-order valence-corrected chi connectivity index (χ1v) is 7.35. The summed E-state index contributed by atoms with van der Waals surface area (Å²) in [6.07, 6.45) is -0.822. The number of aliphatic hydroxyl groups is 2. The normalized spacial score (nSPS) is 11.9. The monoisotopic (exact) mass is 311 g/mol. The third kappa shape index (κ3) is 4.11. The number of carbonyl (C=O) groups is 1. The van der Waals surface area contributed by atoms with Crippen molar-refractivity contribution in [1.82, 2.24) is 4.90 Å². The van der Waals surface area contributed by atoms with Crippen molar-refractivity contribution in [1.29, 1.82) is 0 Å². The summed E-state index contributed by atoms with van der Waals surface area (Å²) in [5, 5.41) is 18.8. The van der Waals surface area contributed by atoms with Gasteiger partial charge in [-0.05, 0) is 19.9 Å². The van der Waals surface area contributed by atoms with E-state index in [0.717, 1.165) is 0 Å². The van der Waals surface area contributed by atoms with E-state index in [1.165, 1.54) is 14.2 Å². The molecule has 0 aliphatic heterocycles. The summed E-state index contributed by atoms with van der Waals surface area (Å²) >= 11 is 0. The van der Waals surface area contributed by atoms with E-state index in [4.69, 9.17) is 14.6 Å². The minimum absolute atomic E-state index is 0.131. The van der Waals surface area contributed by atoms with Crippen LogP contribution in [0, 0.1) is 0 Å². The third-order valence-corrected chi connectivity index (χ3v) is 3.57. The van der Waals surface area contributed by atoms with E-state index >= 15 is 0 Å². The fraction of sp³-hybridized carbons (Fsp3) is 0.562. The lowest BCUT2D eigenvalue weighted by atomic mass is 9.98. The minimum Gasteiger partial charge on any atom is -0.497 e. The molecule has 1 aromatic rings. The molecule has 6 nitrogen and oxygen atoms in total. The van der Waals surface area contributed by atoms with E-state index in [2.05, 4.69) is 0 Å². The summed E-state index contributed by atoms with van der Waals surface area (Å²) in [5.41, 5.74) is 0.995. The first kappa shape index (κ1) is 18.3. The first-order chi connectivity index (χ1) is 10.5. The maximum Gasteiger partial charge on any atom is 0.254 e. The Morgan fingerprint density at radius 3 is 2.32 bits per heavy atom. The zero-order chi connectivity index (χ0) is 16.7. The highest BCUT2D eigenvalue weighted by Gasteiger charge is 2.23. The van der Waals surface area contributed by atoms with Crippen molar-refractivity contribution < 1.29 is 24.5 Å². The number of methoxy groups -OCH3 is 2. The van der Waals surface area contributed by atoms with E-state index in [1.54, 1.807) is 17.0 Å². The smallest absolute Gasteiger partial charge is 0.254 e. The summed E-state index contributed by atoms with van der Waals surface area (Å²) < 4.78 is 10.5. The van der Waals surface area contributed by atoms with Gasteiger partial charge in [-0.2, -0.15) is 0 Å². The number of hydrogen-bond acceptors (Lipinski definition) is 5. The lowest BCUT2D eigenvalue weighted by Crippen LogP contribution is -2.32. The van der Waals surface area contributed by atoms with Crippen LogP contribution in [0.25, 0.3) is 0 Å². The van der Waals surface area contributed by atoms with Gasteiger partial charge in [0.15, 0.2) is 0 Å². The number of hydrogen-bond donors (Lipinski definition) is 2. The summed E-state index contributed by atoms with van der Waals surface area (Å²) in [4.78, 5) is 14.4.